The summed E-state index contributed by atoms with van der Waals surface area (Å²) in [5, 5.41) is 8.89. The molecule has 1 saturated heterocycles. The quantitative estimate of drug-likeness (QED) is 0.680. The van der Waals surface area contributed by atoms with E-state index < -0.39 is 0 Å². The molecule has 0 radical (unpaired) electrons. The van der Waals surface area contributed by atoms with Crippen molar-refractivity contribution < 1.29 is 9.90 Å². The molecule has 0 unspecified atom stereocenters. The maximum Gasteiger partial charge on any atom is 0.266 e. The number of benzene rings is 1. The van der Waals surface area contributed by atoms with Gasteiger partial charge in [0.05, 0.1) is 18.1 Å². The first-order valence-corrected chi connectivity index (χ1v) is 6.77. The fraction of sp³-hybridized carbons (Fsp3) is 0.231. The van der Waals surface area contributed by atoms with Crippen LogP contribution in [0.1, 0.15) is 11.1 Å². The lowest BCUT2D eigenvalue weighted by molar-refractivity contribution is -0.122. The number of thiocarbonyl (C=S) groups is 1. The number of rotatable bonds is 3. The minimum absolute atomic E-state index is 0.0792. The summed E-state index contributed by atoms with van der Waals surface area (Å²) in [6.07, 6.45) is 1.84. The molecule has 1 amide bonds. The van der Waals surface area contributed by atoms with Gasteiger partial charge in [-0.1, -0.05) is 53.8 Å². The Morgan fingerprint density at radius 2 is 2.28 bits per heavy atom. The molecule has 0 aliphatic carbocycles. The van der Waals surface area contributed by atoms with Gasteiger partial charge in [-0.25, -0.2) is 0 Å². The predicted molar refractivity (Wildman–Crippen MR) is 78.1 cm³/mol. The Labute approximate surface area is 115 Å². The molecule has 0 atom stereocenters. The van der Waals surface area contributed by atoms with Gasteiger partial charge in [0.25, 0.3) is 5.91 Å². The smallest absolute Gasteiger partial charge is 0.266 e. The van der Waals surface area contributed by atoms with Gasteiger partial charge in [0.1, 0.15) is 4.32 Å². The van der Waals surface area contributed by atoms with Crippen LogP contribution in [0.4, 0.5) is 0 Å². The summed E-state index contributed by atoms with van der Waals surface area (Å²) in [7, 11) is 0. The van der Waals surface area contributed by atoms with Crippen LogP contribution in [0, 0.1) is 6.92 Å². The minimum Gasteiger partial charge on any atom is -0.395 e. The van der Waals surface area contributed by atoms with E-state index >= 15 is 0 Å². The molecule has 1 aromatic rings. The van der Waals surface area contributed by atoms with Gasteiger partial charge in [-0.15, -0.1) is 0 Å². The van der Waals surface area contributed by atoms with Crippen molar-refractivity contribution >= 4 is 40.3 Å². The highest BCUT2D eigenvalue weighted by atomic mass is 32.2. The molecule has 0 aromatic heterocycles. The lowest BCUT2D eigenvalue weighted by Crippen LogP contribution is -2.30. The first-order chi connectivity index (χ1) is 8.61. The van der Waals surface area contributed by atoms with Crippen LogP contribution in [0.5, 0.6) is 0 Å². The van der Waals surface area contributed by atoms with E-state index in [4.69, 9.17) is 17.3 Å². The van der Waals surface area contributed by atoms with Crippen molar-refractivity contribution in [2.45, 2.75) is 6.92 Å². The number of carbonyl (C=O) groups excluding carboxylic acids is 1. The van der Waals surface area contributed by atoms with Crippen LogP contribution in [0.2, 0.25) is 0 Å². The zero-order valence-corrected chi connectivity index (χ0v) is 11.6. The molecule has 1 heterocycles. The number of nitrogens with zero attached hydrogens (tertiary/aromatic N) is 1. The average Bonchev–Trinajstić information content (AvgIpc) is 2.57. The highest BCUT2D eigenvalue weighted by molar-refractivity contribution is 8.26. The van der Waals surface area contributed by atoms with Crippen LogP contribution in [0.25, 0.3) is 6.08 Å². The van der Waals surface area contributed by atoms with Crippen LogP contribution in [-0.2, 0) is 4.79 Å². The summed E-state index contributed by atoms with van der Waals surface area (Å²) in [6, 6.07) is 7.92. The lowest BCUT2D eigenvalue weighted by Gasteiger charge is -2.11. The number of hydrogen-bond donors (Lipinski definition) is 1. The van der Waals surface area contributed by atoms with E-state index in [9.17, 15) is 4.79 Å². The third-order valence-electron chi connectivity index (χ3n) is 2.54. The van der Waals surface area contributed by atoms with Crippen LogP contribution in [0.15, 0.2) is 29.2 Å². The van der Waals surface area contributed by atoms with Crippen LogP contribution >= 0.6 is 24.0 Å². The number of β-amino-alcohol motifs (C(OH)–C–C–N with tert-alkyl or cyclic N) is 1. The van der Waals surface area contributed by atoms with Gasteiger partial charge in [-0.3, -0.25) is 9.69 Å². The van der Waals surface area contributed by atoms with Crippen molar-refractivity contribution in [1.82, 2.24) is 4.90 Å². The Balaban J connectivity index is 2.25. The van der Waals surface area contributed by atoms with E-state index in [0.29, 0.717) is 9.23 Å². The third kappa shape index (κ3) is 2.80. The summed E-state index contributed by atoms with van der Waals surface area (Å²) >= 11 is 6.40. The summed E-state index contributed by atoms with van der Waals surface area (Å²) in [6.45, 7) is 2.19. The largest absolute Gasteiger partial charge is 0.395 e. The molecule has 1 N–H and O–H groups in total. The fourth-order valence-corrected chi connectivity index (χ4v) is 3.01. The molecule has 2 rings (SSSR count). The first kappa shape index (κ1) is 13.3. The molecule has 1 aliphatic rings. The number of amides is 1. The van der Waals surface area contributed by atoms with Gasteiger partial charge in [0.15, 0.2) is 0 Å². The highest BCUT2D eigenvalue weighted by Gasteiger charge is 2.31. The van der Waals surface area contributed by atoms with E-state index in [1.165, 1.54) is 16.7 Å². The van der Waals surface area contributed by atoms with Crippen molar-refractivity contribution in [2.75, 3.05) is 13.2 Å². The third-order valence-corrected chi connectivity index (χ3v) is 3.91. The van der Waals surface area contributed by atoms with E-state index in [1.54, 1.807) is 0 Å². The Morgan fingerprint density at radius 3 is 2.94 bits per heavy atom. The number of carbonyl (C=O) groups is 1. The molecule has 1 aromatic carbocycles. The summed E-state index contributed by atoms with van der Waals surface area (Å²) in [5.74, 6) is -0.124. The number of aliphatic hydroxyl groups is 1. The SMILES string of the molecule is Cc1cccc(/C=C2\SC(=S)N(CCO)C2=O)c1. The van der Waals surface area contributed by atoms with Crippen LogP contribution in [0.3, 0.4) is 0 Å². The van der Waals surface area contributed by atoms with Crippen molar-refractivity contribution in [1.29, 1.82) is 0 Å². The van der Waals surface area contributed by atoms with E-state index in [2.05, 4.69) is 0 Å². The monoisotopic (exact) mass is 279 g/mol. The molecular weight excluding hydrogens is 266 g/mol. The number of aryl methyl sites for hydroxylation is 1. The van der Waals surface area contributed by atoms with Crippen molar-refractivity contribution in [2.24, 2.45) is 0 Å². The molecule has 94 valence electrons. The zero-order chi connectivity index (χ0) is 13.1. The zero-order valence-electron chi connectivity index (χ0n) is 9.92. The van der Waals surface area contributed by atoms with Gasteiger partial charge in [0.2, 0.25) is 0 Å². The highest BCUT2D eigenvalue weighted by Crippen LogP contribution is 2.32. The summed E-state index contributed by atoms with van der Waals surface area (Å²) in [5.41, 5.74) is 2.13. The number of aliphatic hydroxyl groups excluding tert-OH is 1. The van der Waals surface area contributed by atoms with Gasteiger partial charge < -0.3 is 5.11 Å². The van der Waals surface area contributed by atoms with Crippen LogP contribution < -0.4 is 0 Å². The predicted octanol–water partition coefficient (Wildman–Crippen LogP) is 2.19. The maximum atomic E-state index is 12.0. The van der Waals surface area contributed by atoms with Gasteiger partial charge in [0, 0.05) is 0 Å². The lowest BCUT2D eigenvalue weighted by atomic mass is 10.1. The molecule has 0 spiro atoms. The van der Waals surface area contributed by atoms with Crippen LogP contribution in [-0.4, -0.2) is 33.4 Å². The Kier molecular flexibility index (Phi) is 4.16. The molecule has 0 saturated carbocycles. The molecule has 1 fully saturated rings. The maximum absolute atomic E-state index is 12.0. The van der Waals surface area contributed by atoms with Gasteiger partial charge in [-0.2, -0.15) is 0 Å². The van der Waals surface area contributed by atoms with E-state index in [-0.39, 0.29) is 19.1 Å². The first-order valence-electron chi connectivity index (χ1n) is 5.54. The Bertz CT molecular complexity index is 525. The van der Waals surface area contributed by atoms with Gasteiger partial charge in [-0.05, 0) is 18.6 Å². The van der Waals surface area contributed by atoms with Crippen molar-refractivity contribution in [3.63, 3.8) is 0 Å². The Morgan fingerprint density at radius 1 is 1.50 bits per heavy atom. The second kappa shape index (κ2) is 5.65. The number of thioether (sulfide) groups is 1. The van der Waals surface area contributed by atoms with Gasteiger partial charge >= 0.3 is 0 Å². The fourth-order valence-electron chi connectivity index (χ4n) is 1.70. The van der Waals surface area contributed by atoms with E-state index in [0.717, 1.165) is 11.1 Å². The molecule has 0 bridgehead atoms. The second-order valence-corrected chi connectivity index (χ2v) is 5.65. The molecule has 3 nitrogen and oxygen atoms in total. The molecule has 5 heteroatoms. The van der Waals surface area contributed by atoms with E-state index in [1.807, 2.05) is 37.3 Å². The number of hydrogen-bond acceptors (Lipinski definition) is 4. The second-order valence-electron chi connectivity index (χ2n) is 3.97. The van der Waals surface area contributed by atoms with Crippen molar-refractivity contribution in [3.8, 4) is 0 Å². The average molecular weight is 279 g/mol. The topological polar surface area (TPSA) is 40.5 Å². The summed E-state index contributed by atoms with van der Waals surface area (Å²) < 4.78 is 0.507. The Hall–Kier alpha value is -1.17. The summed E-state index contributed by atoms with van der Waals surface area (Å²) in [4.78, 5) is 14.1. The minimum atomic E-state index is -0.124. The molecule has 1 aliphatic heterocycles. The molecule has 18 heavy (non-hydrogen) atoms. The van der Waals surface area contributed by atoms with Crippen molar-refractivity contribution in [3.05, 3.63) is 40.3 Å². The molecular formula is C13H13NO2S2. The standard InChI is InChI=1S/C13H13NO2S2/c1-9-3-2-4-10(7-9)8-11-12(16)14(5-6-15)13(17)18-11/h2-4,7-8,15H,5-6H2,1H3/b11-8-. The normalized spacial score (nSPS) is 17.9.